The summed E-state index contributed by atoms with van der Waals surface area (Å²) in [5.41, 5.74) is 2.01. The van der Waals surface area contributed by atoms with Crippen LogP contribution in [0.4, 0.5) is 10.5 Å². The molecule has 0 radical (unpaired) electrons. The first-order valence-corrected chi connectivity index (χ1v) is 12.3. The van der Waals surface area contributed by atoms with Gasteiger partial charge in [0.05, 0.1) is 11.7 Å². The van der Waals surface area contributed by atoms with E-state index in [0.29, 0.717) is 17.3 Å². The summed E-state index contributed by atoms with van der Waals surface area (Å²) >= 11 is 0. The van der Waals surface area contributed by atoms with Gasteiger partial charge in [-0.1, -0.05) is 54.6 Å². The molecule has 3 aromatic carbocycles. The molecule has 7 heteroatoms. The first-order valence-electron chi connectivity index (χ1n) is 12.3. The number of nitrogens with zero attached hydrogens (tertiary/aromatic N) is 2. The Morgan fingerprint density at radius 3 is 2.51 bits per heavy atom. The summed E-state index contributed by atoms with van der Waals surface area (Å²) in [5.74, 6) is -0.448. The number of nitrogens with one attached hydrogen (secondary N) is 1. The van der Waals surface area contributed by atoms with Gasteiger partial charge in [-0.05, 0) is 54.2 Å². The number of carbonyl (C=O) groups is 2. The van der Waals surface area contributed by atoms with Gasteiger partial charge in [-0.25, -0.2) is 4.79 Å². The molecule has 6 rings (SSSR count). The van der Waals surface area contributed by atoms with Crippen LogP contribution in [0.5, 0.6) is 0 Å². The third-order valence-corrected chi connectivity index (χ3v) is 8.19. The summed E-state index contributed by atoms with van der Waals surface area (Å²) < 4.78 is 0. The predicted molar refractivity (Wildman–Crippen MR) is 133 cm³/mol. The SMILES string of the molecule is CC(NC(=O)O)C1(O)C(=O)N(C2CCN(C3Cc4cccc5cccc3c45)CC2)c2ccccc21. The molecule has 0 aromatic heterocycles. The first-order chi connectivity index (χ1) is 16.9. The Hall–Kier alpha value is -3.42. The molecule has 35 heavy (non-hydrogen) atoms. The zero-order valence-electron chi connectivity index (χ0n) is 19.6. The molecular formula is C28H29N3O4. The van der Waals surface area contributed by atoms with Gasteiger partial charge >= 0.3 is 6.09 Å². The first kappa shape index (κ1) is 22.1. The van der Waals surface area contributed by atoms with Crippen LogP contribution < -0.4 is 10.2 Å². The van der Waals surface area contributed by atoms with E-state index in [-0.39, 0.29) is 6.04 Å². The standard InChI is InChI=1S/C28H29N3O4/c1-17(29-27(33)34)28(35)22-10-2-3-11-23(22)31(26(28)32)20-12-14-30(15-13-20)24-16-19-8-4-6-18-7-5-9-21(24)25(18)19/h2-11,17,20,24,29,35H,12-16H2,1H3,(H,33,34). The van der Waals surface area contributed by atoms with Crippen molar-refractivity contribution in [1.82, 2.24) is 10.2 Å². The molecule has 3 N–H and O–H groups in total. The minimum Gasteiger partial charge on any atom is -0.465 e. The fraction of sp³-hybridized carbons (Fsp3) is 0.357. The highest BCUT2D eigenvalue weighted by atomic mass is 16.4. The molecule has 2 heterocycles. The maximum Gasteiger partial charge on any atom is 0.404 e. The van der Waals surface area contributed by atoms with Gasteiger partial charge in [0.15, 0.2) is 5.60 Å². The van der Waals surface area contributed by atoms with E-state index in [1.54, 1.807) is 17.0 Å². The van der Waals surface area contributed by atoms with E-state index >= 15 is 0 Å². The molecule has 0 spiro atoms. The number of benzene rings is 3. The molecule has 1 fully saturated rings. The topological polar surface area (TPSA) is 93.1 Å². The maximum atomic E-state index is 13.6. The number of hydrogen-bond acceptors (Lipinski definition) is 4. The number of carbonyl (C=O) groups excluding carboxylic acids is 1. The molecule has 2 amide bonds. The van der Waals surface area contributed by atoms with Gasteiger partial charge in [-0.3, -0.25) is 9.69 Å². The van der Waals surface area contributed by atoms with Crippen molar-refractivity contribution in [3.63, 3.8) is 0 Å². The molecule has 180 valence electrons. The van der Waals surface area contributed by atoms with Crippen molar-refractivity contribution in [2.24, 2.45) is 0 Å². The second kappa shape index (κ2) is 8.07. The Bertz CT molecular complexity index is 1330. The summed E-state index contributed by atoms with van der Waals surface area (Å²) in [6.45, 7) is 3.24. The monoisotopic (exact) mass is 471 g/mol. The molecule has 1 saturated heterocycles. The zero-order valence-corrected chi connectivity index (χ0v) is 19.6. The number of rotatable bonds is 4. The molecule has 3 unspecified atom stereocenters. The highest BCUT2D eigenvalue weighted by molar-refractivity contribution is 6.08. The molecule has 3 aliphatic rings. The van der Waals surface area contributed by atoms with Crippen LogP contribution in [0, 0.1) is 0 Å². The van der Waals surface area contributed by atoms with E-state index in [1.165, 1.54) is 28.8 Å². The fourth-order valence-electron chi connectivity index (χ4n) is 6.48. The highest BCUT2D eigenvalue weighted by Crippen LogP contribution is 2.46. The molecule has 0 bridgehead atoms. The van der Waals surface area contributed by atoms with Gasteiger partial charge in [-0.15, -0.1) is 0 Å². The fourth-order valence-corrected chi connectivity index (χ4v) is 6.48. The number of para-hydroxylation sites is 1. The summed E-state index contributed by atoms with van der Waals surface area (Å²) in [7, 11) is 0. The minimum atomic E-state index is -1.92. The van der Waals surface area contributed by atoms with Crippen LogP contribution >= 0.6 is 0 Å². The number of anilines is 1. The van der Waals surface area contributed by atoms with E-state index in [0.717, 1.165) is 32.4 Å². The van der Waals surface area contributed by atoms with E-state index in [1.807, 2.05) is 12.1 Å². The van der Waals surface area contributed by atoms with E-state index in [2.05, 4.69) is 46.6 Å². The summed E-state index contributed by atoms with van der Waals surface area (Å²) in [6, 6.07) is 19.6. The largest absolute Gasteiger partial charge is 0.465 e. The lowest BCUT2D eigenvalue weighted by atomic mass is 9.88. The normalized spacial score (nSPS) is 25.1. The van der Waals surface area contributed by atoms with Crippen LogP contribution in [0.25, 0.3) is 10.8 Å². The Balaban J connectivity index is 1.24. The number of fused-ring (bicyclic) bond motifs is 1. The smallest absolute Gasteiger partial charge is 0.404 e. The van der Waals surface area contributed by atoms with Crippen molar-refractivity contribution >= 4 is 28.5 Å². The van der Waals surface area contributed by atoms with E-state index in [4.69, 9.17) is 0 Å². The molecule has 2 aliphatic heterocycles. The Kier molecular flexibility index (Phi) is 5.09. The summed E-state index contributed by atoms with van der Waals surface area (Å²) in [5, 5.41) is 25.7. The molecule has 7 nitrogen and oxygen atoms in total. The number of likely N-dealkylation sites (tertiary alicyclic amines) is 1. The van der Waals surface area contributed by atoms with Crippen LogP contribution in [0.2, 0.25) is 0 Å². The van der Waals surface area contributed by atoms with Crippen molar-refractivity contribution in [3.05, 3.63) is 77.4 Å². The lowest BCUT2D eigenvalue weighted by molar-refractivity contribution is -0.139. The van der Waals surface area contributed by atoms with Gasteiger partial charge in [0.2, 0.25) is 0 Å². The average Bonchev–Trinajstić information content (AvgIpc) is 3.35. The number of piperidine rings is 1. The Labute approximate surface area is 204 Å². The zero-order chi connectivity index (χ0) is 24.3. The number of aliphatic hydroxyl groups is 1. The third-order valence-electron chi connectivity index (χ3n) is 8.19. The van der Waals surface area contributed by atoms with Crippen LogP contribution in [0.3, 0.4) is 0 Å². The van der Waals surface area contributed by atoms with Gasteiger partial charge in [0, 0.05) is 30.7 Å². The van der Waals surface area contributed by atoms with Crippen LogP contribution in [0.1, 0.15) is 42.5 Å². The Morgan fingerprint density at radius 1 is 1.06 bits per heavy atom. The van der Waals surface area contributed by atoms with Gasteiger partial charge in [0.25, 0.3) is 5.91 Å². The molecule has 0 saturated carbocycles. The second-order valence-corrected chi connectivity index (χ2v) is 9.98. The molecule has 1 aliphatic carbocycles. The third kappa shape index (κ3) is 3.26. The van der Waals surface area contributed by atoms with Crippen LogP contribution in [-0.2, 0) is 16.8 Å². The van der Waals surface area contributed by atoms with Gasteiger partial charge in [-0.2, -0.15) is 0 Å². The molecule has 3 atom stereocenters. The van der Waals surface area contributed by atoms with E-state index < -0.39 is 23.6 Å². The number of amides is 2. The van der Waals surface area contributed by atoms with Crippen molar-refractivity contribution in [3.8, 4) is 0 Å². The van der Waals surface area contributed by atoms with Gasteiger partial charge < -0.3 is 20.4 Å². The minimum absolute atomic E-state index is 0.0504. The maximum absolute atomic E-state index is 13.6. The number of carboxylic acid groups (broad SMARTS) is 1. The van der Waals surface area contributed by atoms with Crippen molar-refractivity contribution in [2.75, 3.05) is 18.0 Å². The number of hydrogen-bond donors (Lipinski definition) is 3. The Morgan fingerprint density at radius 2 is 1.77 bits per heavy atom. The van der Waals surface area contributed by atoms with Crippen LogP contribution in [-0.4, -0.2) is 52.3 Å². The second-order valence-electron chi connectivity index (χ2n) is 9.98. The summed E-state index contributed by atoms with van der Waals surface area (Å²) in [6.07, 6.45) is 1.32. The van der Waals surface area contributed by atoms with Gasteiger partial charge in [0.1, 0.15) is 0 Å². The molecular weight excluding hydrogens is 442 g/mol. The van der Waals surface area contributed by atoms with Crippen molar-refractivity contribution < 1.29 is 19.8 Å². The predicted octanol–water partition coefficient (Wildman–Crippen LogP) is 3.79. The summed E-state index contributed by atoms with van der Waals surface area (Å²) in [4.78, 5) is 29.2. The van der Waals surface area contributed by atoms with Crippen LogP contribution in [0.15, 0.2) is 60.7 Å². The average molecular weight is 472 g/mol. The van der Waals surface area contributed by atoms with Crippen molar-refractivity contribution in [1.29, 1.82) is 0 Å². The molecule has 3 aromatic rings. The van der Waals surface area contributed by atoms with E-state index in [9.17, 15) is 19.8 Å². The lowest BCUT2D eigenvalue weighted by Crippen LogP contribution is -2.56. The van der Waals surface area contributed by atoms with Crippen molar-refractivity contribution in [2.45, 2.75) is 49.9 Å². The quantitative estimate of drug-likeness (QED) is 0.538. The highest BCUT2D eigenvalue weighted by Gasteiger charge is 2.55. The lowest BCUT2D eigenvalue weighted by Gasteiger charge is -2.40.